The van der Waals surface area contributed by atoms with E-state index in [1.165, 1.54) is 11.3 Å². The van der Waals surface area contributed by atoms with Crippen molar-refractivity contribution >= 4 is 38.9 Å². The highest BCUT2D eigenvalue weighted by Crippen LogP contribution is 2.35. The Morgan fingerprint density at radius 2 is 2.25 bits per heavy atom. The Kier molecular flexibility index (Phi) is 3.51. The largest absolute Gasteiger partial charge is 0.467 e. The van der Waals surface area contributed by atoms with Gasteiger partial charge in [-0.15, -0.1) is 11.3 Å². The summed E-state index contributed by atoms with van der Waals surface area (Å²) in [6, 6.07) is 9.58. The number of thiophene rings is 1. The highest BCUT2D eigenvalue weighted by atomic mass is 35.5. The number of benzene rings is 1. The normalized spacial score (nSPS) is 10.9. The van der Waals surface area contributed by atoms with Gasteiger partial charge in [-0.3, -0.25) is 4.79 Å². The zero-order valence-electron chi connectivity index (χ0n) is 10.8. The molecule has 2 heterocycles. The van der Waals surface area contributed by atoms with E-state index in [2.05, 4.69) is 5.32 Å². The Labute approximate surface area is 125 Å². The minimum absolute atomic E-state index is 0.176. The predicted molar refractivity (Wildman–Crippen MR) is 81.5 cm³/mol. The molecule has 0 saturated heterocycles. The van der Waals surface area contributed by atoms with Crippen LogP contribution in [0.4, 0.5) is 0 Å². The number of hydrogen-bond donors (Lipinski definition) is 1. The van der Waals surface area contributed by atoms with E-state index in [-0.39, 0.29) is 5.91 Å². The van der Waals surface area contributed by atoms with Crippen molar-refractivity contribution in [2.75, 3.05) is 0 Å². The average molecular weight is 306 g/mol. The minimum Gasteiger partial charge on any atom is -0.467 e. The highest BCUT2D eigenvalue weighted by Gasteiger charge is 2.17. The first kappa shape index (κ1) is 13.2. The van der Waals surface area contributed by atoms with Crippen LogP contribution in [0.2, 0.25) is 5.02 Å². The Morgan fingerprint density at radius 3 is 3.00 bits per heavy atom. The van der Waals surface area contributed by atoms with E-state index in [9.17, 15) is 4.79 Å². The van der Waals surface area contributed by atoms with Crippen molar-refractivity contribution < 1.29 is 9.21 Å². The number of carbonyl (C=O) groups excluding carboxylic acids is 1. The molecule has 0 aliphatic rings. The van der Waals surface area contributed by atoms with Gasteiger partial charge in [-0.25, -0.2) is 0 Å². The number of rotatable bonds is 3. The predicted octanol–water partition coefficient (Wildman–Crippen LogP) is 4.39. The Bertz CT molecular complexity index is 762. The summed E-state index contributed by atoms with van der Waals surface area (Å²) < 4.78 is 6.21. The molecular formula is C15H12ClNO2S. The molecular weight excluding hydrogens is 294 g/mol. The second-order valence-electron chi connectivity index (χ2n) is 4.51. The van der Waals surface area contributed by atoms with Gasteiger partial charge >= 0.3 is 0 Å². The van der Waals surface area contributed by atoms with Gasteiger partial charge in [0.15, 0.2) is 0 Å². The maximum absolute atomic E-state index is 12.2. The smallest absolute Gasteiger partial charge is 0.263 e. The summed E-state index contributed by atoms with van der Waals surface area (Å²) in [6.45, 7) is 2.37. The molecule has 1 N–H and O–H groups in total. The molecule has 20 heavy (non-hydrogen) atoms. The maximum Gasteiger partial charge on any atom is 0.263 e. The number of amides is 1. The van der Waals surface area contributed by atoms with Crippen LogP contribution in [0.3, 0.4) is 0 Å². The van der Waals surface area contributed by atoms with Gasteiger partial charge in [0, 0.05) is 10.1 Å². The van der Waals surface area contributed by atoms with Crippen molar-refractivity contribution in [2.45, 2.75) is 13.5 Å². The summed E-state index contributed by atoms with van der Waals surface area (Å²) in [5, 5.41) is 4.25. The third-order valence-corrected chi connectivity index (χ3v) is 4.65. The molecule has 0 unspecified atom stereocenters. The molecule has 0 saturated carbocycles. The number of fused-ring (bicyclic) bond motifs is 1. The van der Waals surface area contributed by atoms with Crippen LogP contribution in [0.25, 0.3) is 10.1 Å². The third kappa shape index (κ3) is 2.44. The standard InChI is InChI=1S/C15H12ClNO2S/c1-9-4-5-11-12(7-9)20-14(13(11)16)15(18)17-8-10-3-2-6-19-10/h2-7H,8H2,1H3,(H,17,18). The van der Waals surface area contributed by atoms with Gasteiger partial charge in [-0.1, -0.05) is 23.7 Å². The molecule has 2 aromatic heterocycles. The van der Waals surface area contributed by atoms with Gasteiger partial charge in [0.25, 0.3) is 5.91 Å². The summed E-state index contributed by atoms with van der Waals surface area (Å²) in [5.41, 5.74) is 1.15. The van der Waals surface area contributed by atoms with Crippen LogP contribution in [-0.2, 0) is 6.54 Å². The molecule has 0 radical (unpaired) electrons. The van der Waals surface area contributed by atoms with Crippen LogP contribution in [0, 0.1) is 6.92 Å². The van der Waals surface area contributed by atoms with Crippen molar-refractivity contribution in [3.05, 3.63) is 57.8 Å². The maximum atomic E-state index is 12.2. The van der Waals surface area contributed by atoms with Crippen LogP contribution in [0.15, 0.2) is 41.0 Å². The summed E-state index contributed by atoms with van der Waals surface area (Å²) in [7, 11) is 0. The molecule has 0 aliphatic heterocycles. The molecule has 0 fully saturated rings. The number of aryl methyl sites for hydroxylation is 1. The van der Waals surface area contributed by atoms with Gasteiger partial charge in [0.05, 0.1) is 17.8 Å². The van der Waals surface area contributed by atoms with Crippen molar-refractivity contribution in [1.82, 2.24) is 5.32 Å². The average Bonchev–Trinajstić information content (AvgIpc) is 3.04. The first-order valence-electron chi connectivity index (χ1n) is 6.14. The summed E-state index contributed by atoms with van der Waals surface area (Å²) >= 11 is 7.70. The van der Waals surface area contributed by atoms with Gasteiger partial charge in [0.2, 0.25) is 0 Å². The number of nitrogens with one attached hydrogen (secondary N) is 1. The Balaban J connectivity index is 1.85. The second-order valence-corrected chi connectivity index (χ2v) is 5.94. The van der Waals surface area contributed by atoms with Gasteiger partial charge < -0.3 is 9.73 Å². The van der Waals surface area contributed by atoms with E-state index in [4.69, 9.17) is 16.0 Å². The first-order chi connectivity index (χ1) is 9.65. The Hall–Kier alpha value is -1.78. The lowest BCUT2D eigenvalue weighted by Gasteiger charge is -2.01. The van der Waals surface area contributed by atoms with Gasteiger partial charge in [-0.2, -0.15) is 0 Å². The minimum atomic E-state index is -0.176. The number of furan rings is 1. The lowest BCUT2D eigenvalue weighted by atomic mass is 10.2. The van der Waals surface area contributed by atoms with E-state index in [0.717, 1.165) is 15.6 Å². The second kappa shape index (κ2) is 5.31. The van der Waals surface area contributed by atoms with E-state index in [1.54, 1.807) is 12.3 Å². The molecule has 3 rings (SSSR count). The molecule has 102 valence electrons. The molecule has 5 heteroatoms. The molecule has 0 spiro atoms. The molecule has 3 nitrogen and oxygen atoms in total. The summed E-state index contributed by atoms with van der Waals surface area (Å²) in [5.74, 6) is 0.539. The molecule has 0 bridgehead atoms. The van der Waals surface area contributed by atoms with Crippen LogP contribution >= 0.6 is 22.9 Å². The van der Waals surface area contributed by atoms with Crippen molar-refractivity contribution in [2.24, 2.45) is 0 Å². The van der Waals surface area contributed by atoms with Gasteiger partial charge in [-0.05, 0) is 30.7 Å². The van der Waals surface area contributed by atoms with Crippen molar-refractivity contribution in [3.63, 3.8) is 0 Å². The van der Waals surface area contributed by atoms with E-state index in [1.807, 2.05) is 31.2 Å². The first-order valence-corrected chi connectivity index (χ1v) is 7.34. The number of hydrogen-bond acceptors (Lipinski definition) is 3. The lowest BCUT2D eigenvalue weighted by Crippen LogP contribution is -2.21. The van der Waals surface area contributed by atoms with Crippen LogP contribution < -0.4 is 5.32 Å². The summed E-state index contributed by atoms with van der Waals surface area (Å²) in [4.78, 5) is 12.7. The van der Waals surface area contributed by atoms with Crippen LogP contribution in [0.1, 0.15) is 21.0 Å². The van der Waals surface area contributed by atoms with Crippen LogP contribution in [-0.4, -0.2) is 5.91 Å². The number of halogens is 1. The molecule has 3 aromatic rings. The topological polar surface area (TPSA) is 42.2 Å². The fraction of sp³-hybridized carbons (Fsp3) is 0.133. The van der Waals surface area contributed by atoms with Crippen LogP contribution in [0.5, 0.6) is 0 Å². The third-order valence-electron chi connectivity index (χ3n) is 2.99. The highest BCUT2D eigenvalue weighted by molar-refractivity contribution is 7.21. The van der Waals surface area contributed by atoms with E-state index in [0.29, 0.717) is 22.2 Å². The van der Waals surface area contributed by atoms with Crippen molar-refractivity contribution in [3.8, 4) is 0 Å². The summed E-state index contributed by atoms with van der Waals surface area (Å²) in [6.07, 6.45) is 1.58. The van der Waals surface area contributed by atoms with Crippen molar-refractivity contribution in [1.29, 1.82) is 0 Å². The molecule has 1 aromatic carbocycles. The SMILES string of the molecule is Cc1ccc2c(Cl)c(C(=O)NCc3ccco3)sc2c1. The zero-order chi connectivity index (χ0) is 14.1. The van der Waals surface area contributed by atoms with E-state index >= 15 is 0 Å². The molecule has 0 atom stereocenters. The fourth-order valence-corrected chi connectivity index (χ4v) is 3.51. The quantitative estimate of drug-likeness (QED) is 0.780. The zero-order valence-corrected chi connectivity index (χ0v) is 12.3. The van der Waals surface area contributed by atoms with E-state index < -0.39 is 0 Å². The lowest BCUT2D eigenvalue weighted by molar-refractivity contribution is 0.0952. The van der Waals surface area contributed by atoms with Gasteiger partial charge in [0.1, 0.15) is 10.6 Å². The fourth-order valence-electron chi connectivity index (χ4n) is 1.98. The monoisotopic (exact) mass is 305 g/mol. The Morgan fingerprint density at radius 1 is 1.40 bits per heavy atom. The number of carbonyl (C=O) groups is 1. The molecule has 1 amide bonds. The molecule has 0 aliphatic carbocycles.